The Morgan fingerprint density at radius 1 is 0.974 bits per heavy atom. The molecule has 0 radical (unpaired) electrons. The number of carboxylic acids is 1. The number of hydrogen-bond donors (Lipinski definition) is 1. The number of nitrogens with zero attached hydrogens (tertiary/aromatic N) is 2. The zero-order valence-electron chi connectivity index (χ0n) is 22.2. The highest BCUT2D eigenvalue weighted by molar-refractivity contribution is 5.73. The number of likely N-dealkylation sites (tertiary alicyclic amines) is 1. The Morgan fingerprint density at radius 2 is 1.49 bits per heavy atom. The van der Waals surface area contributed by atoms with E-state index in [2.05, 4.69) is 0 Å². The average Bonchev–Trinajstić information content (AvgIpc) is 2.78. The molecule has 14 heteroatoms. The fourth-order valence-electron chi connectivity index (χ4n) is 4.63. The first kappa shape index (κ1) is 32.0. The second-order valence-corrected chi connectivity index (χ2v) is 10.3. The second-order valence-electron chi connectivity index (χ2n) is 10.3. The van der Waals surface area contributed by atoms with Gasteiger partial charge in [0.15, 0.2) is 0 Å². The average molecular weight is 571 g/mol. The number of alkyl halides is 6. The highest BCUT2D eigenvalue weighted by Gasteiger charge is 2.44. The molecule has 1 aromatic rings. The molecular weight excluding hydrogens is 538 g/mol. The lowest BCUT2D eigenvalue weighted by molar-refractivity contribution is -0.143. The van der Waals surface area contributed by atoms with E-state index < -0.39 is 83.9 Å². The van der Waals surface area contributed by atoms with E-state index in [9.17, 15) is 45.8 Å². The minimum Gasteiger partial charge on any atom is -0.481 e. The van der Waals surface area contributed by atoms with E-state index in [0.717, 1.165) is 12.0 Å². The molecule has 1 aliphatic rings. The maximum atomic E-state index is 13.4. The van der Waals surface area contributed by atoms with Crippen LogP contribution in [-0.4, -0.2) is 63.9 Å². The molecule has 1 aliphatic heterocycles. The molecule has 220 valence electrons. The van der Waals surface area contributed by atoms with Crippen LogP contribution >= 0.6 is 0 Å². The number of rotatable bonds is 6. The predicted octanol–water partition coefficient (Wildman–Crippen LogP) is 6.31. The topological polar surface area (TPSA) is 96.4 Å². The molecule has 0 unspecified atom stereocenters. The lowest BCUT2D eigenvalue weighted by Gasteiger charge is -2.47. The van der Waals surface area contributed by atoms with Gasteiger partial charge in [-0.2, -0.15) is 26.3 Å². The van der Waals surface area contributed by atoms with Crippen LogP contribution in [0.2, 0.25) is 0 Å². The predicted molar refractivity (Wildman–Crippen MR) is 126 cm³/mol. The molecule has 1 heterocycles. The standard InChI is InChI=1S/C25H32F6N2O6/c1-6-17-10-18(11-19(12-20(34)35)33(17)22(37)39-23(2,3)4)32(21(36)38-5)13-14-7-15(24(26,27)28)9-16(8-14)25(29,30)31/h7-9,17-19H,6,10-13H2,1-5H3,(H,34,35)/t17-,18+,19-/m1/s1. The largest absolute Gasteiger partial charge is 0.481 e. The van der Waals surface area contributed by atoms with E-state index in [4.69, 9.17) is 9.47 Å². The van der Waals surface area contributed by atoms with Crippen molar-refractivity contribution in [1.82, 2.24) is 9.80 Å². The summed E-state index contributed by atoms with van der Waals surface area (Å²) in [5, 5.41) is 9.49. The summed E-state index contributed by atoms with van der Waals surface area (Å²) >= 11 is 0. The number of halogens is 6. The fourth-order valence-corrected chi connectivity index (χ4v) is 4.63. The summed E-state index contributed by atoms with van der Waals surface area (Å²) < 4.78 is 90.5. The summed E-state index contributed by atoms with van der Waals surface area (Å²) in [4.78, 5) is 39.6. The van der Waals surface area contributed by atoms with Gasteiger partial charge in [0.2, 0.25) is 0 Å². The van der Waals surface area contributed by atoms with Gasteiger partial charge in [-0.3, -0.25) is 4.79 Å². The molecule has 1 fully saturated rings. The van der Waals surface area contributed by atoms with Crippen LogP contribution in [0.25, 0.3) is 0 Å². The van der Waals surface area contributed by atoms with Crippen molar-refractivity contribution in [2.75, 3.05) is 7.11 Å². The van der Waals surface area contributed by atoms with Crippen molar-refractivity contribution < 1.29 is 55.3 Å². The first-order valence-electron chi connectivity index (χ1n) is 12.1. The van der Waals surface area contributed by atoms with Crippen molar-refractivity contribution in [3.63, 3.8) is 0 Å². The second kappa shape index (κ2) is 11.9. The molecule has 0 aromatic heterocycles. The van der Waals surface area contributed by atoms with Gasteiger partial charge in [0.1, 0.15) is 5.60 Å². The molecule has 3 atom stereocenters. The van der Waals surface area contributed by atoms with Gasteiger partial charge in [0.05, 0.1) is 24.7 Å². The molecule has 2 amide bonds. The Bertz CT molecular complexity index is 1020. The third-order valence-corrected chi connectivity index (χ3v) is 6.21. The number of ether oxygens (including phenoxy) is 2. The van der Waals surface area contributed by atoms with Gasteiger partial charge in [-0.1, -0.05) is 6.92 Å². The van der Waals surface area contributed by atoms with Crippen LogP contribution in [0.1, 0.15) is 70.1 Å². The van der Waals surface area contributed by atoms with Crippen LogP contribution in [0.4, 0.5) is 35.9 Å². The maximum Gasteiger partial charge on any atom is 0.416 e. The number of benzene rings is 1. The summed E-state index contributed by atoms with van der Waals surface area (Å²) in [7, 11) is 1.00. The van der Waals surface area contributed by atoms with Crippen LogP contribution in [0.5, 0.6) is 0 Å². The summed E-state index contributed by atoms with van der Waals surface area (Å²) in [5.74, 6) is -1.25. The molecule has 0 spiro atoms. The van der Waals surface area contributed by atoms with Crippen molar-refractivity contribution in [1.29, 1.82) is 0 Å². The summed E-state index contributed by atoms with van der Waals surface area (Å²) in [5.41, 5.74) is -4.41. The van der Waals surface area contributed by atoms with Gasteiger partial charge in [0.25, 0.3) is 0 Å². The molecule has 1 N–H and O–H groups in total. The molecule has 1 aromatic carbocycles. The van der Waals surface area contributed by atoms with Gasteiger partial charge in [-0.05, 0) is 63.8 Å². The van der Waals surface area contributed by atoms with Gasteiger partial charge in [-0.25, -0.2) is 9.59 Å². The summed E-state index contributed by atoms with van der Waals surface area (Å²) in [6, 6.07) is -1.45. The minimum atomic E-state index is -5.08. The molecule has 0 aliphatic carbocycles. The Balaban J connectivity index is 2.51. The van der Waals surface area contributed by atoms with Crippen molar-refractivity contribution in [3.05, 3.63) is 34.9 Å². The fraction of sp³-hybridized carbons (Fsp3) is 0.640. The zero-order valence-corrected chi connectivity index (χ0v) is 22.2. The number of carbonyl (C=O) groups excluding carboxylic acids is 2. The highest BCUT2D eigenvalue weighted by Crippen LogP contribution is 2.38. The van der Waals surface area contributed by atoms with E-state index in [1.54, 1.807) is 27.7 Å². The lowest BCUT2D eigenvalue weighted by atomic mass is 9.87. The van der Waals surface area contributed by atoms with Gasteiger partial charge in [0, 0.05) is 24.7 Å². The monoisotopic (exact) mass is 570 g/mol. The Kier molecular flexibility index (Phi) is 9.78. The maximum absolute atomic E-state index is 13.4. The number of hydrogen-bond acceptors (Lipinski definition) is 5. The minimum absolute atomic E-state index is 0.0126. The normalized spacial score (nSPS) is 20.4. The van der Waals surface area contributed by atoms with Crippen molar-refractivity contribution in [3.8, 4) is 0 Å². The Hall–Kier alpha value is -3.19. The van der Waals surface area contributed by atoms with Crippen LogP contribution in [0, 0.1) is 0 Å². The van der Waals surface area contributed by atoms with E-state index in [1.165, 1.54) is 4.90 Å². The lowest BCUT2D eigenvalue weighted by Crippen LogP contribution is -2.58. The molecule has 1 saturated heterocycles. The summed E-state index contributed by atoms with van der Waals surface area (Å²) in [6.07, 6.45) is -12.2. The molecule has 2 rings (SSSR count). The molecule has 8 nitrogen and oxygen atoms in total. The molecule has 0 bridgehead atoms. The number of aliphatic carboxylic acids is 1. The number of amides is 2. The zero-order chi connectivity index (χ0) is 29.9. The third-order valence-electron chi connectivity index (χ3n) is 6.21. The van der Waals surface area contributed by atoms with E-state index in [0.29, 0.717) is 18.6 Å². The van der Waals surface area contributed by atoms with Crippen LogP contribution in [0.15, 0.2) is 18.2 Å². The van der Waals surface area contributed by atoms with Crippen LogP contribution in [-0.2, 0) is 33.2 Å². The van der Waals surface area contributed by atoms with Gasteiger partial charge >= 0.3 is 30.5 Å². The van der Waals surface area contributed by atoms with Crippen LogP contribution in [0.3, 0.4) is 0 Å². The van der Waals surface area contributed by atoms with Gasteiger partial charge < -0.3 is 24.4 Å². The van der Waals surface area contributed by atoms with Gasteiger partial charge in [-0.15, -0.1) is 0 Å². The SMILES string of the molecule is CC[C@@H]1C[C@H](N(Cc2cc(C(F)(F)F)cc(C(F)(F)F)c2)C(=O)OC)C[C@H](CC(=O)O)N1C(=O)OC(C)(C)C. The quantitative estimate of drug-likeness (QED) is 0.403. The van der Waals surface area contributed by atoms with Crippen molar-refractivity contribution >= 4 is 18.2 Å². The number of carbonyl (C=O) groups is 3. The van der Waals surface area contributed by atoms with Crippen molar-refractivity contribution in [2.24, 2.45) is 0 Å². The third kappa shape index (κ3) is 8.65. The number of piperidine rings is 1. The Morgan fingerprint density at radius 3 is 1.90 bits per heavy atom. The van der Waals surface area contributed by atoms with E-state index in [-0.39, 0.29) is 18.9 Å². The summed E-state index contributed by atoms with van der Waals surface area (Å²) in [6.45, 7) is 5.94. The first-order valence-corrected chi connectivity index (χ1v) is 12.1. The number of carboxylic acid groups (broad SMARTS) is 1. The molecular formula is C25H32F6N2O6. The highest BCUT2D eigenvalue weighted by atomic mass is 19.4. The van der Waals surface area contributed by atoms with E-state index >= 15 is 0 Å². The molecule has 39 heavy (non-hydrogen) atoms. The molecule has 0 saturated carbocycles. The Labute approximate surface area is 221 Å². The van der Waals surface area contributed by atoms with Crippen molar-refractivity contribution in [2.45, 2.75) is 96.0 Å². The number of methoxy groups -OCH3 is 1. The van der Waals surface area contributed by atoms with E-state index in [1.807, 2.05) is 0 Å². The van der Waals surface area contributed by atoms with Crippen LogP contribution < -0.4 is 0 Å². The smallest absolute Gasteiger partial charge is 0.416 e. The first-order chi connectivity index (χ1) is 17.8.